The number of nitrogens with one attached hydrogen (secondary N) is 1. The molecule has 5 heteroatoms. The number of hydrogen-bond donors (Lipinski definition) is 2. The first kappa shape index (κ1) is 15.5. The lowest BCUT2D eigenvalue weighted by atomic mass is 10.0. The van der Waals surface area contributed by atoms with Gasteiger partial charge in [-0.2, -0.15) is 0 Å². The van der Waals surface area contributed by atoms with Crippen molar-refractivity contribution in [3.8, 4) is 0 Å². The minimum Gasteiger partial charge on any atom is -0.479 e. The molecule has 1 aliphatic rings. The Hall–Kier alpha value is -2.40. The summed E-state index contributed by atoms with van der Waals surface area (Å²) in [7, 11) is 0. The summed E-state index contributed by atoms with van der Waals surface area (Å²) in [6, 6.07) is 12.0. The molecule has 3 rings (SSSR count). The Morgan fingerprint density at radius 1 is 1.17 bits per heavy atom. The van der Waals surface area contributed by atoms with Gasteiger partial charge in [0.15, 0.2) is 6.04 Å². The molecule has 0 aliphatic heterocycles. The van der Waals surface area contributed by atoms with E-state index in [1.807, 2.05) is 30.3 Å². The Bertz CT molecular complexity index is 724. The molecular formula is C18H19NO4. The van der Waals surface area contributed by atoms with Gasteiger partial charge in [-0.1, -0.05) is 36.4 Å². The molecule has 1 fully saturated rings. The highest BCUT2D eigenvalue weighted by Gasteiger charge is 2.24. The molecule has 0 radical (unpaired) electrons. The Morgan fingerprint density at radius 2 is 1.91 bits per heavy atom. The zero-order valence-corrected chi connectivity index (χ0v) is 12.7. The lowest BCUT2D eigenvalue weighted by Crippen LogP contribution is -2.36. The molecule has 1 saturated carbocycles. The number of fused-ring (bicyclic) bond motifs is 1. The van der Waals surface area contributed by atoms with Gasteiger partial charge in [0.2, 0.25) is 5.91 Å². The van der Waals surface area contributed by atoms with E-state index in [0.717, 1.165) is 23.6 Å². The molecule has 2 N–H and O–H groups in total. The standard InChI is InChI=1S/C18H19NO4/c20-16(11-23-10-12-5-6-12)19-17(18(21)22)15-8-7-13-3-1-2-4-14(13)9-15/h1-4,7-9,12,17H,5-6,10-11H2,(H,19,20)(H,21,22). The van der Waals surface area contributed by atoms with Crippen molar-refractivity contribution in [2.75, 3.05) is 13.2 Å². The number of amides is 1. The van der Waals surface area contributed by atoms with E-state index in [-0.39, 0.29) is 6.61 Å². The quantitative estimate of drug-likeness (QED) is 0.823. The third-order valence-corrected chi connectivity index (χ3v) is 3.94. The largest absolute Gasteiger partial charge is 0.479 e. The molecule has 1 amide bonds. The van der Waals surface area contributed by atoms with Crippen LogP contribution in [0.25, 0.3) is 10.8 Å². The Morgan fingerprint density at radius 3 is 2.61 bits per heavy atom. The maximum atomic E-state index is 11.9. The second kappa shape index (κ2) is 6.79. The van der Waals surface area contributed by atoms with Crippen LogP contribution in [0, 0.1) is 5.92 Å². The molecule has 0 saturated heterocycles. The number of ether oxygens (including phenoxy) is 1. The predicted octanol–water partition coefficient (Wildman–Crippen LogP) is 2.51. The second-order valence-electron chi connectivity index (χ2n) is 5.90. The normalized spacial score (nSPS) is 15.3. The van der Waals surface area contributed by atoms with Crippen LogP contribution in [0.15, 0.2) is 42.5 Å². The molecule has 0 spiro atoms. The fourth-order valence-corrected chi connectivity index (χ4v) is 2.48. The molecular weight excluding hydrogens is 294 g/mol. The van der Waals surface area contributed by atoms with E-state index in [9.17, 15) is 14.7 Å². The van der Waals surface area contributed by atoms with Crippen LogP contribution >= 0.6 is 0 Å². The Kier molecular flexibility index (Phi) is 4.57. The fourth-order valence-electron chi connectivity index (χ4n) is 2.48. The zero-order valence-electron chi connectivity index (χ0n) is 12.7. The number of rotatable bonds is 7. The van der Waals surface area contributed by atoms with Crippen molar-refractivity contribution in [3.05, 3.63) is 48.0 Å². The Labute approximate surface area is 134 Å². The van der Waals surface area contributed by atoms with Crippen LogP contribution in [0.5, 0.6) is 0 Å². The summed E-state index contributed by atoms with van der Waals surface area (Å²) in [5.41, 5.74) is 0.548. The highest BCUT2D eigenvalue weighted by Crippen LogP contribution is 2.28. The van der Waals surface area contributed by atoms with E-state index >= 15 is 0 Å². The van der Waals surface area contributed by atoms with Crippen LogP contribution in [-0.2, 0) is 14.3 Å². The average Bonchev–Trinajstić information content (AvgIpc) is 3.36. The van der Waals surface area contributed by atoms with Crippen molar-refractivity contribution in [3.63, 3.8) is 0 Å². The molecule has 23 heavy (non-hydrogen) atoms. The fraction of sp³-hybridized carbons (Fsp3) is 0.333. The van der Waals surface area contributed by atoms with Crippen molar-refractivity contribution in [2.24, 2.45) is 5.92 Å². The van der Waals surface area contributed by atoms with Crippen LogP contribution in [0.3, 0.4) is 0 Å². The smallest absolute Gasteiger partial charge is 0.330 e. The summed E-state index contributed by atoms with van der Waals surface area (Å²) in [6.07, 6.45) is 2.30. The summed E-state index contributed by atoms with van der Waals surface area (Å²) in [6.45, 7) is 0.467. The molecule has 1 unspecified atom stereocenters. The third-order valence-electron chi connectivity index (χ3n) is 3.94. The van der Waals surface area contributed by atoms with Crippen molar-refractivity contribution in [2.45, 2.75) is 18.9 Å². The highest BCUT2D eigenvalue weighted by molar-refractivity contribution is 5.88. The molecule has 2 aromatic rings. The molecule has 1 aliphatic carbocycles. The van der Waals surface area contributed by atoms with E-state index < -0.39 is 17.9 Å². The monoisotopic (exact) mass is 313 g/mol. The van der Waals surface area contributed by atoms with E-state index in [2.05, 4.69) is 5.32 Å². The van der Waals surface area contributed by atoms with Gasteiger partial charge in [-0.3, -0.25) is 4.79 Å². The van der Waals surface area contributed by atoms with Gasteiger partial charge in [0.1, 0.15) is 6.61 Å². The number of carbonyl (C=O) groups excluding carboxylic acids is 1. The van der Waals surface area contributed by atoms with E-state index in [0.29, 0.717) is 18.1 Å². The van der Waals surface area contributed by atoms with Gasteiger partial charge < -0.3 is 15.2 Å². The maximum Gasteiger partial charge on any atom is 0.330 e. The van der Waals surface area contributed by atoms with Crippen LogP contribution in [0.2, 0.25) is 0 Å². The lowest BCUT2D eigenvalue weighted by molar-refractivity contribution is -0.142. The molecule has 1 atom stereocenters. The summed E-state index contributed by atoms with van der Waals surface area (Å²) in [4.78, 5) is 23.4. The van der Waals surface area contributed by atoms with Gasteiger partial charge in [0.05, 0.1) is 6.61 Å². The molecule has 2 aromatic carbocycles. The first-order chi connectivity index (χ1) is 11.1. The first-order valence-corrected chi connectivity index (χ1v) is 7.72. The van der Waals surface area contributed by atoms with E-state index in [4.69, 9.17) is 4.74 Å². The van der Waals surface area contributed by atoms with Crippen LogP contribution in [0.4, 0.5) is 0 Å². The topological polar surface area (TPSA) is 75.6 Å². The van der Waals surface area contributed by atoms with E-state index in [1.54, 1.807) is 12.1 Å². The van der Waals surface area contributed by atoms with Crippen molar-refractivity contribution >= 4 is 22.6 Å². The Balaban J connectivity index is 1.68. The third kappa shape index (κ3) is 4.07. The van der Waals surface area contributed by atoms with E-state index in [1.165, 1.54) is 0 Å². The average molecular weight is 313 g/mol. The van der Waals surface area contributed by atoms with Crippen molar-refractivity contribution in [1.82, 2.24) is 5.32 Å². The van der Waals surface area contributed by atoms with Crippen LogP contribution in [0.1, 0.15) is 24.4 Å². The summed E-state index contributed by atoms with van der Waals surface area (Å²) in [5, 5.41) is 13.9. The number of carboxylic acid groups (broad SMARTS) is 1. The van der Waals surface area contributed by atoms with Gasteiger partial charge in [-0.25, -0.2) is 4.79 Å². The lowest BCUT2D eigenvalue weighted by Gasteiger charge is -2.15. The molecule has 0 heterocycles. The van der Waals surface area contributed by atoms with Gasteiger partial charge in [0, 0.05) is 0 Å². The number of aliphatic carboxylic acids is 1. The molecule has 5 nitrogen and oxygen atoms in total. The van der Waals surface area contributed by atoms with Crippen LogP contribution in [-0.4, -0.2) is 30.2 Å². The minimum absolute atomic E-state index is 0.103. The molecule has 0 bridgehead atoms. The summed E-state index contributed by atoms with van der Waals surface area (Å²) >= 11 is 0. The number of carboxylic acids is 1. The van der Waals surface area contributed by atoms with Gasteiger partial charge in [-0.05, 0) is 41.2 Å². The first-order valence-electron chi connectivity index (χ1n) is 7.72. The number of benzene rings is 2. The number of hydrogen-bond acceptors (Lipinski definition) is 3. The van der Waals surface area contributed by atoms with Gasteiger partial charge >= 0.3 is 5.97 Å². The molecule has 120 valence electrons. The van der Waals surface area contributed by atoms with Crippen molar-refractivity contribution in [1.29, 1.82) is 0 Å². The van der Waals surface area contributed by atoms with Crippen LogP contribution < -0.4 is 5.32 Å². The SMILES string of the molecule is O=C(COCC1CC1)NC(C(=O)O)c1ccc2ccccc2c1. The second-order valence-corrected chi connectivity index (χ2v) is 5.90. The maximum absolute atomic E-state index is 11.9. The predicted molar refractivity (Wildman–Crippen MR) is 86.0 cm³/mol. The van der Waals surface area contributed by atoms with Crippen molar-refractivity contribution < 1.29 is 19.4 Å². The van der Waals surface area contributed by atoms with Gasteiger partial charge in [-0.15, -0.1) is 0 Å². The van der Waals surface area contributed by atoms with Gasteiger partial charge in [0.25, 0.3) is 0 Å². The highest BCUT2D eigenvalue weighted by atomic mass is 16.5. The number of carbonyl (C=O) groups is 2. The summed E-state index contributed by atoms with van der Waals surface area (Å²) < 4.78 is 5.30. The summed E-state index contributed by atoms with van der Waals surface area (Å²) in [5.74, 6) is -0.930. The minimum atomic E-state index is -1.09. The molecule has 0 aromatic heterocycles. The zero-order chi connectivity index (χ0) is 16.2.